The molecule has 5 rings (SSSR count). The van der Waals surface area contributed by atoms with Gasteiger partial charge in [-0.05, 0) is 47.3 Å². The van der Waals surface area contributed by atoms with Gasteiger partial charge in [0.05, 0.1) is 36.8 Å². The van der Waals surface area contributed by atoms with Crippen LogP contribution in [0, 0.1) is 5.82 Å². The van der Waals surface area contributed by atoms with Crippen LogP contribution in [0.5, 0.6) is 0 Å². The molecule has 1 aliphatic heterocycles. The Kier molecular flexibility index (Phi) is 5.25. The summed E-state index contributed by atoms with van der Waals surface area (Å²) in [5.74, 6) is -2.35. The number of fused-ring (bicyclic) bond motifs is 1. The Balaban J connectivity index is 1.70. The molecule has 1 amide bonds. The third-order valence-corrected chi connectivity index (χ3v) is 7.63. The molecule has 32 heavy (non-hydrogen) atoms. The standard InChI is InChI=1S/C22H11Cl2FN2O3S2/c23-12-5-3-10(8-13(12)24)18-17(19(28)15-2-1-7-31-15)20(29)21(30)27(18)22-26-14-6-4-11(25)9-16(14)32-22/h1-9,18,29H. The molecule has 160 valence electrons. The number of halogens is 3. The van der Waals surface area contributed by atoms with Crippen LogP contribution in [0.25, 0.3) is 10.2 Å². The molecule has 4 aromatic rings. The fraction of sp³-hybridized carbons (Fsp3) is 0.0455. The molecule has 0 saturated heterocycles. The van der Waals surface area contributed by atoms with Crippen molar-refractivity contribution in [3.63, 3.8) is 0 Å². The van der Waals surface area contributed by atoms with Gasteiger partial charge in [0, 0.05) is 0 Å². The van der Waals surface area contributed by atoms with Gasteiger partial charge in [0.15, 0.2) is 10.9 Å². The second kappa shape index (κ2) is 7.97. The van der Waals surface area contributed by atoms with Gasteiger partial charge in [0.2, 0.25) is 5.78 Å². The highest BCUT2D eigenvalue weighted by Crippen LogP contribution is 2.45. The molecule has 3 heterocycles. The first-order chi connectivity index (χ1) is 15.3. The Hall–Kier alpha value is -2.78. The summed E-state index contributed by atoms with van der Waals surface area (Å²) in [6.45, 7) is 0. The zero-order valence-corrected chi connectivity index (χ0v) is 19.0. The fourth-order valence-electron chi connectivity index (χ4n) is 3.56. The maximum Gasteiger partial charge on any atom is 0.296 e. The van der Waals surface area contributed by atoms with Crippen LogP contribution in [0.2, 0.25) is 10.0 Å². The quantitative estimate of drug-likeness (QED) is 0.318. The summed E-state index contributed by atoms with van der Waals surface area (Å²) in [7, 11) is 0. The van der Waals surface area contributed by atoms with Crippen molar-refractivity contribution in [2.24, 2.45) is 0 Å². The maximum atomic E-state index is 13.7. The smallest absolute Gasteiger partial charge is 0.296 e. The minimum Gasteiger partial charge on any atom is -0.503 e. The summed E-state index contributed by atoms with van der Waals surface area (Å²) in [4.78, 5) is 32.5. The molecular weight excluding hydrogens is 494 g/mol. The van der Waals surface area contributed by atoms with E-state index >= 15 is 0 Å². The predicted molar refractivity (Wildman–Crippen MR) is 125 cm³/mol. The van der Waals surface area contributed by atoms with Gasteiger partial charge >= 0.3 is 0 Å². The van der Waals surface area contributed by atoms with E-state index in [-0.39, 0.29) is 15.7 Å². The second-order valence-corrected chi connectivity index (χ2v) is 9.70. The first-order valence-corrected chi connectivity index (χ1v) is 11.7. The predicted octanol–water partition coefficient (Wildman–Crippen LogP) is 6.59. The van der Waals surface area contributed by atoms with Gasteiger partial charge in [-0.3, -0.25) is 14.5 Å². The number of rotatable bonds is 4. The van der Waals surface area contributed by atoms with E-state index in [9.17, 15) is 19.1 Å². The first kappa shape index (κ1) is 21.1. The molecular formula is C22H11Cl2FN2O3S2. The summed E-state index contributed by atoms with van der Waals surface area (Å²) in [6.07, 6.45) is 0. The van der Waals surface area contributed by atoms with E-state index in [1.165, 1.54) is 34.4 Å². The lowest BCUT2D eigenvalue weighted by Crippen LogP contribution is -2.30. The second-order valence-electron chi connectivity index (χ2n) is 6.93. The average Bonchev–Trinajstić information content (AvgIpc) is 3.48. The number of aromatic nitrogens is 1. The van der Waals surface area contributed by atoms with Crippen molar-refractivity contribution < 1.29 is 19.1 Å². The van der Waals surface area contributed by atoms with Gasteiger partial charge in [-0.1, -0.05) is 46.7 Å². The van der Waals surface area contributed by atoms with E-state index in [4.69, 9.17) is 23.2 Å². The first-order valence-electron chi connectivity index (χ1n) is 9.21. The number of aliphatic hydroxyl groups is 1. The number of nitrogens with zero attached hydrogens (tertiary/aromatic N) is 2. The van der Waals surface area contributed by atoms with Crippen molar-refractivity contribution >= 4 is 72.9 Å². The number of ketones is 1. The zero-order chi connectivity index (χ0) is 22.6. The molecule has 0 saturated carbocycles. The molecule has 1 unspecified atom stereocenters. The molecule has 1 N–H and O–H groups in total. The van der Waals surface area contributed by atoms with Crippen LogP contribution >= 0.6 is 45.9 Å². The van der Waals surface area contributed by atoms with E-state index in [1.807, 2.05) is 0 Å². The molecule has 10 heteroatoms. The molecule has 1 aliphatic rings. The van der Waals surface area contributed by atoms with E-state index in [2.05, 4.69) is 4.98 Å². The lowest BCUT2D eigenvalue weighted by molar-refractivity contribution is -0.117. The molecule has 0 fully saturated rings. The average molecular weight is 505 g/mol. The maximum absolute atomic E-state index is 13.7. The van der Waals surface area contributed by atoms with Crippen molar-refractivity contribution in [2.45, 2.75) is 6.04 Å². The van der Waals surface area contributed by atoms with Crippen LogP contribution in [-0.4, -0.2) is 21.8 Å². The number of aliphatic hydroxyl groups excluding tert-OH is 1. The summed E-state index contributed by atoms with van der Waals surface area (Å²) in [6, 6.07) is 11.2. The van der Waals surface area contributed by atoms with Crippen molar-refractivity contribution in [1.82, 2.24) is 4.98 Å². The number of carbonyl (C=O) groups is 2. The van der Waals surface area contributed by atoms with Crippen LogP contribution in [0.15, 0.2) is 65.2 Å². The van der Waals surface area contributed by atoms with E-state index < -0.39 is 29.3 Å². The van der Waals surface area contributed by atoms with Gasteiger partial charge in [-0.15, -0.1) is 11.3 Å². The van der Waals surface area contributed by atoms with Gasteiger partial charge in [-0.2, -0.15) is 0 Å². The van der Waals surface area contributed by atoms with Gasteiger partial charge in [0.25, 0.3) is 5.91 Å². The lowest BCUT2D eigenvalue weighted by Gasteiger charge is -2.24. The topological polar surface area (TPSA) is 70.5 Å². The van der Waals surface area contributed by atoms with Crippen LogP contribution in [0.3, 0.4) is 0 Å². The monoisotopic (exact) mass is 504 g/mol. The highest BCUT2D eigenvalue weighted by molar-refractivity contribution is 7.22. The van der Waals surface area contributed by atoms with Crippen molar-refractivity contribution in [1.29, 1.82) is 0 Å². The minimum atomic E-state index is -0.989. The van der Waals surface area contributed by atoms with Crippen LogP contribution < -0.4 is 4.90 Å². The van der Waals surface area contributed by atoms with Gasteiger partial charge in [-0.25, -0.2) is 9.37 Å². The molecule has 2 aromatic heterocycles. The lowest BCUT2D eigenvalue weighted by atomic mass is 9.95. The van der Waals surface area contributed by atoms with E-state index in [1.54, 1.807) is 35.7 Å². The summed E-state index contributed by atoms with van der Waals surface area (Å²) in [5.41, 5.74) is 0.882. The molecule has 1 atom stereocenters. The molecule has 0 spiro atoms. The molecule has 5 nitrogen and oxygen atoms in total. The number of amides is 1. The Morgan fingerprint density at radius 2 is 1.94 bits per heavy atom. The Morgan fingerprint density at radius 3 is 2.66 bits per heavy atom. The Labute approximate surface area is 199 Å². The number of anilines is 1. The summed E-state index contributed by atoms with van der Waals surface area (Å²) in [5, 5.41) is 13.2. The van der Waals surface area contributed by atoms with E-state index in [0.717, 1.165) is 11.3 Å². The van der Waals surface area contributed by atoms with Crippen molar-refractivity contribution in [3.05, 3.63) is 91.5 Å². The Bertz CT molecular complexity index is 1430. The number of hydrogen-bond acceptors (Lipinski definition) is 6. The van der Waals surface area contributed by atoms with Gasteiger partial charge in [0.1, 0.15) is 5.82 Å². The number of benzene rings is 2. The highest BCUT2D eigenvalue weighted by Gasteiger charge is 2.46. The normalized spacial score (nSPS) is 16.4. The molecule has 0 radical (unpaired) electrons. The molecule has 0 aliphatic carbocycles. The van der Waals surface area contributed by atoms with Crippen molar-refractivity contribution in [2.75, 3.05) is 4.90 Å². The summed E-state index contributed by atoms with van der Waals surface area (Å²) >= 11 is 14.6. The van der Waals surface area contributed by atoms with Gasteiger partial charge < -0.3 is 5.11 Å². The fourth-order valence-corrected chi connectivity index (χ4v) is 5.56. The molecule has 0 bridgehead atoms. The van der Waals surface area contributed by atoms with E-state index in [0.29, 0.717) is 25.7 Å². The number of thiazole rings is 1. The number of hydrogen-bond donors (Lipinski definition) is 1. The number of thiophene rings is 1. The van der Waals surface area contributed by atoms with Crippen LogP contribution in [-0.2, 0) is 4.79 Å². The minimum absolute atomic E-state index is 0.0822. The third-order valence-electron chi connectivity index (χ3n) is 5.00. The largest absolute Gasteiger partial charge is 0.503 e. The van der Waals surface area contributed by atoms with Crippen molar-refractivity contribution in [3.8, 4) is 0 Å². The highest BCUT2D eigenvalue weighted by atomic mass is 35.5. The van der Waals surface area contributed by atoms with Crippen LogP contribution in [0.1, 0.15) is 21.3 Å². The third kappa shape index (κ3) is 3.40. The number of Topliss-reactive ketones (excluding diaryl/α,β-unsaturated/α-hetero) is 1. The number of carbonyl (C=O) groups excluding carboxylic acids is 2. The SMILES string of the molecule is O=C(C1=C(O)C(=O)N(c2nc3ccc(F)cc3s2)C1c1ccc(Cl)c(Cl)c1)c1cccs1. The Morgan fingerprint density at radius 1 is 1.12 bits per heavy atom. The summed E-state index contributed by atoms with van der Waals surface area (Å²) < 4.78 is 14.2. The van der Waals surface area contributed by atoms with Crippen LogP contribution in [0.4, 0.5) is 9.52 Å². The molecule has 2 aromatic carbocycles. The zero-order valence-electron chi connectivity index (χ0n) is 15.9.